The molecule has 1 nitrogen and oxygen atoms in total. The summed E-state index contributed by atoms with van der Waals surface area (Å²) in [6.45, 7) is 2.25. The number of hydrogen-bond acceptors (Lipinski definition) is 0. The maximum absolute atomic E-state index is 6.18. The topological polar surface area (TPSA) is 15.8 Å². The number of fused-ring (bicyclic) bond motifs is 1. The number of H-pyrrole nitrogens is 1. The molecule has 0 spiro atoms. The van der Waals surface area contributed by atoms with Crippen LogP contribution in [-0.2, 0) is 6.42 Å². The summed E-state index contributed by atoms with van der Waals surface area (Å²) >= 11 is 12.3. The SMILES string of the molecule is CCCCCCCCc1c[nH]c2c(Cl)cc(Cl)cc12. The van der Waals surface area contributed by atoms with Crippen LogP contribution in [-0.4, -0.2) is 4.98 Å². The van der Waals surface area contributed by atoms with Crippen molar-refractivity contribution in [2.24, 2.45) is 0 Å². The second-order valence-electron chi connectivity index (χ2n) is 5.14. The normalized spacial score (nSPS) is 11.3. The van der Waals surface area contributed by atoms with Gasteiger partial charge in [0.1, 0.15) is 0 Å². The molecule has 0 fully saturated rings. The van der Waals surface area contributed by atoms with Gasteiger partial charge in [-0.1, -0.05) is 62.2 Å². The predicted octanol–water partition coefficient (Wildman–Crippen LogP) is 6.38. The highest BCUT2D eigenvalue weighted by atomic mass is 35.5. The molecular formula is C16H21Cl2N. The molecule has 0 unspecified atom stereocenters. The second kappa shape index (κ2) is 7.21. The van der Waals surface area contributed by atoms with Crippen LogP contribution >= 0.6 is 23.2 Å². The lowest BCUT2D eigenvalue weighted by Gasteiger charge is -2.02. The van der Waals surface area contributed by atoms with E-state index < -0.39 is 0 Å². The Labute approximate surface area is 125 Å². The molecule has 0 bridgehead atoms. The molecule has 0 aliphatic heterocycles. The highest BCUT2D eigenvalue weighted by Crippen LogP contribution is 2.30. The number of rotatable bonds is 7. The van der Waals surface area contributed by atoms with E-state index in [9.17, 15) is 0 Å². The molecule has 0 radical (unpaired) electrons. The third kappa shape index (κ3) is 3.90. The zero-order valence-corrected chi connectivity index (χ0v) is 12.9. The monoisotopic (exact) mass is 297 g/mol. The Morgan fingerprint density at radius 2 is 1.74 bits per heavy atom. The lowest BCUT2D eigenvalue weighted by Crippen LogP contribution is -1.85. The van der Waals surface area contributed by atoms with Crippen molar-refractivity contribution >= 4 is 34.1 Å². The summed E-state index contributed by atoms with van der Waals surface area (Å²) in [5.41, 5.74) is 2.34. The van der Waals surface area contributed by atoms with Crippen LogP contribution in [0.2, 0.25) is 10.0 Å². The summed E-state index contributed by atoms with van der Waals surface area (Å²) in [6, 6.07) is 3.79. The van der Waals surface area contributed by atoms with Gasteiger partial charge >= 0.3 is 0 Å². The van der Waals surface area contributed by atoms with Gasteiger partial charge in [0.25, 0.3) is 0 Å². The number of benzene rings is 1. The lowest BCUT2D eigenvalue weighted by atomic mass is 10.0. The van der Waals surface area contributed by atoms with Crippen LogP contribution in [0.25, 0.3) is 10.9 Å². The summed E-state index contributed by atoms with van der Waals surface area (Å²) in [5.74, 6) is 0. The Kier molecular flexibility index (Phi) is 5.59. The molecule has 0 saturated carbocycles. The first-order valence-corrected chi connectivity index (χ1v) is 7.93. The van der Waals surface area contributed by atoms with E-state index in [4.69, 9.17) is 23.2 Å². The fourth-order valence-corrected chi connectivity index (χ4v) is 3.06. The average molecular weight is 298 g/mol. The summed E-state index contributed by atoms with van der Waals surface area (Å²) < 4.78 is 0. The molecule has 0 saturated heterocycles. The Morgan fingerprint density at radius 3 is 2.53 bits per heavy atom. The van der Waals surface area contributed by atoms with Gasteiger partial charge in [0, 0.05) is 16.6 Å². The third-order valence-corrected chi connectivity index (χ3v) is 4.11. The van der Waals surface area contributed by atoms with E-state index in [0.717, 1.165) is 11.9 Å². The number of unbranched alkanes of at least 4 members (excludes halogenated alkanes) is 5. The molecule has 0 aliphatic carbocycles. The maximum Gasteiger partial charge on any atom is 0.0661 e. The molecule has 2 aromatic rings. The number of aromatic nitrogens is 1. The van der Waals surface area contributed by atoms with Crippen LogP contribution in [0.1, 0.15) is 51.0 Å². The number of hydrogen-bond donors (Lipinski definition) is 1. The standard InChI is InChI=1S/C16H21Cl2N/c1-2-3-4-5-6-7-8-12-11-19-16-14(12)9-13(17)10-15(16)18/h9-11,19H,2-8H2,1H3. The van der Waals surface area contributed by atoms with E-state index in [1.54, 1.807) is 6.07 Å². The van der Waals surface area contributed by atoms with Crippen molar-refractivity contribution in [1.29, 1.82) is 0 Å². The first kappa shape index (κ1) is 14.7. The van der Waals surface area contributed by atoms with Gasteiger partial charge in [-0.2, -0.15) is 0 Å². The summed E-state index contributed by atoms with van der Waals surface area (Å²) in [6.07, 6.45) is 11.1. The smallest absolute Gasteiger partial charge is 0.0661 e. The van der Waals surface area contributed by atoms with Crippen molar-refractivity contribution < 1.29 is 0 Å². The minimum Gasteiger partial charge on any atom is -0.360 e. The Morgan fingerprint density at radius 1 is 1.00 bits per heavy atom. The van der Waals surface area contributed by atoms with E-state index in [0.29, 0.717) is 10.0 Å². The van der Waals surface area contributed by atoms with Crippen LogP contribution in [0.15, 0.2) is 18.3 Å². The fraction of sp³-hybridized carbons (Fsp3) is 0.500. The molecule has 1 N–H and O–H groups in total. The molecule has 0 aliphatic rings. The Bertz CT molecular complexity index is 531. The minimum absolute atomic E-state index is 0.705. The molecular weight excluding hydrogens is 277 g/mol. The lowest BCUT2D eigenvalue weighted by molar-refractivity contribution is 0.608. The first-order chi connectivity index (χ1) is 9.22. The van der Waals surface area contributed by atoms with Gasteiger partial charge in [-0.15, -0.1) is 0 Å². The van der Waals surface area contributed by atoms with Gasteiger partial charge in [0.2, 0.25) is 0 Å². The zero-order valence-electron chi connectivity index (χ0n) is 11.4. The van der Waals surface area contributed by atoms with E-state index in [1.165, 1.54) is 49.5 Å². The molecule has 19 heavy (non-hydrogen) atoms. The van der Waals surface area contributed by atoms with E-state index in [2.05, 4.69) is 18.1 Å². The van der Waals surface area contributed by atoms with Crippen LogP contribution in [0.4, 0.5) is 0 Å². The van der Waals surface area contributed by atoms with E-state index in [1.807, 2.05) is 6.07 Å². The van der Waals surface area contributed by atoms with Crippen molar-refractivity contribution in [2.45, 2.75) is 51.9 Å². The van der Waals surface area contributed by atoms with Crippen LogP contribution in [0.3, 0.4) is 0 Å². The summed E-state index contributed by atoms with van der Waals surface area (Å²) in [5, 5.41) is 2.59. The van der Waals surface area contributed by atoms with Gasteiger partial charge in [0.15, 0.2) is 0 Å². The Hall–Kier alpha value is -0.660. The zero-order chi connectivity index (χ0) is 13.7. The van der Waals surface area contributed by atoms with Gasteiger partial charge < -0.3 is 4.98 Å². The van der Waals surface area contributed by atoms with Crippen LogP contribution in [0, 0.1) is 0 Å². The molecule has 0 atom stereocenters. The molecule has 2 rings (SSSR count). The van der Waals surface area contributed by atoms with Crippen molar-refractivity contribution in [3.05, 3.63) is 33.9 Å². The first-order valence-electron chi connectivity index (χ1n) is 7.17. The van der Waals surface area contributed by atoms with Gasteiger partial charge in [0.05, 0.1) is 10.5 Å². The number of aromatic amines is 1. The maximum atomic E-state index is 6.18. The average Bonchev–Trinajstić information content (AvgIpc) is 2.77. The van der Waals surface area contributed by atoms with Crippen molar-refractivity contribution in [3.63, 3.8) is 0 Å². The van der Waals surface area contributed by atoms with Crippen molar-refractivity contribution in [1.82, 2.24) is 4.98 Å². The number of aryl methyl sites for hydroxylation is 1. The van der Waals surface area contributed by atoms with Crippen molar-refractivity contribution in [2.75, 3.05) is 0 Å². The molecule has 1 aromatic carbocycles. The highest BCUT2D eigenvalue weighted by molar-refractivity contribution is 6.38. The molecule has 0 amide bonds. The van der Waals surface area contributed by atoms with Gasteiger partial charge in [-0.25, -0.2) is 0 Å². The van der Waals surface area contributed by atoms with E-state index in [-0.39, 0.29) is 0 Å². The van der Waals surface area contributed by atoms with E-state index >= 15 is 0 Å². The Balaban J connectivity index is 1.94. The highest BCUT2D eigenvalue weighted by Gasteiger charge is 2.08. The molecule has 104 valence electrons. The van der Waals surface area contributed by atoms with Crippen LogP contribution in [0.5, 0.6) is 0 Å². The fourth-order valence-electron chi connectivity index (χ4n) is 2.51. The third-order valence-electron chi connectivity index (χ3n) is 3.59. The second-order valence-corrected chi connectivity index (χ2v) is 5.99. The minimum atomic E-state index is 0.705. The summed E-state index contributed by atoms with van der Waals surface area (Å²) in [4.78, 5) is 3.25. The van der Waals surface area contributed by atoms with Crippen molar-refractivity contribution in [3.8, 4) is 0 Å². The number of nitrogens with one attached hydrogen (secondary N) is 1. The molecule has 3 heteroatoms. The predicted molar refractivity (Wildman–Crippen MR) is 85.4 cm³/mol. The largest absolute Gasteiger partial charge is 0.360 e. The van der Waals surface area contributed by atoms with Crippen LogP contribution < -0.4 is 0 Å². The van der Waals surface area contributed by atoms with Gasteiger partial charge in [-0.05, 0) is 30.5 Å². The molecule has 1 heterocycles. The number of halogens is 2. The quantitative estimate of drug-likeness (QED) is 0.571. The molecule has 1 aromatic heterocycles. The van der Waals surface area contributed by atoms with Gasteiger partial charge in [-0.3, -0.25) is 0 Å². The summed E-state index contributed by atoms with van der Waals surface area (Å²) in [7, 11) is 0.